The van der Waals surface area contributed by atoms with Gasteiger partial charge in [-0.1, -0.05) is 43.3 Å². The number of methoxy groups -OCH3 is 1. The fourth-order valence-corrected chi connectivity index (χ4v) is 2.06. The van der Waals surface area contributed by atoms with Crippen molar-refractivity contribution in [3.8, 4) is 0 Å². The molecule has 2 atom stereocenters. The molecule has 2 unspecified atom stereocenters. The van der Waals surface area contributed by atoms with Crippen molar-refractivity contribution in [3.05, 3.63) is 48.0 Å². The number of carbonyl (C=O) groups is 2. The molecule has 0 saturated heterocycles. The molecule has 1 aliphatic heterocycles. The third-order valence-electron chi connectivity index (χ3n) is 3.17. The van der Waals surface area contributed by atoms with E-state index >= 15 is 0 Å². The number of esters is 1. The number of hydrogen-bond acceptors (Lipinski definition) is 4. The van der Waals surface area contributed by atoms with Gasteiger partial charge in [0.15, 0.2) is 6.04 Å². The van der Waals surface area contributed by atoms with Crippen LogP contribution in [0, 0.1) is 5.92 Å². The average molecular weight is 275 g/mol. The summed E-state index contributed by atoms with van der Waals surface area (Å²) in [6.45, 7) is 2.06. The van der Waals surface area contributed by atoms with Crippen LogP contribution in [0.1, 0.15) is 12.5 Å². The molecule has 20 heavy (non-hydrogen) atoms. The molecule has 5 nitrogen and oxygen atoms in total. The Morgan fingerprint density at radius 2 is 2.00 bits per heavy atom. The van der Waals surface area contributed by atoms with Crippen LogP contribution in [0.3, 0.4) is 0 Å². The molecule has 1 aromatic carbocycles. The summed E-state index contributed by atoms with van der Waals surface area (Å²) < 4.78 is 4.74. The van der Waals surface area contributed by atoms with Crippen molar-refractivity contribution in [3.63, 3.8) is 0 Å². The average Bonchev–Trinajstić information content (AvgIpc) is 2.48. The number of ether oxygens (including phenoxy) is 1. The number of hydroxylamine groups is 2. The summed E-state index contributed by atoms with van der Waals surface area (Å²) in [4.78, 5) is 29.2. The zero-order valence-corrected chi connectivity index (χ0v) is 11.5. The van der Waals surface area contributed by atoms with Crippen molar-refractivity contribution in [1.82, 2.24) is 5.06 Å². The summed E-state index contributed by atoms with van der Waals surface area (Å²) >= 11 is 0. The lowest BCUT2D eigenvalue weighted by molar-refractivity contribution is -0.214. The third kappa shape index (κ3) is 3.05. The van der Waals surface area contributed by atoms with Crippen LogP contribution in [-0.2, 0) is 25.8 Å². The molecule has 2 rings (SSSR count). The standard InChI is InChI=1S/C15H17NO4/c1-11-8-9-13(17)16(14(11)15(18)19-2)20-10-12-6-4-3-5-7-12/h3-9,11,14H,10H2,1-2H3. The normalized spacial score (nSPS) is 21.9. The van der Waals surface area contributed by atoms with Crippen LogP contribution < -0.4 is 0 Å². The maximum Gasteiger partial charge on any atom is 0.331 e. The number of nitrogens with zero attached hydrogens (tertiary/aromatic N) is 1. The molecular weight excluding hydrogens is 258 g/mol. The quantitative estimate of drug-likeness (QED) is 0.785. The smallest absolute Gasteiger partial charge is 0.331 e. The van der Waals surface area contributed by atoms with Crippen molar-refractivity contribution in [2.75, 3.05) is 7.11 Å². The molecule has 0 saturated carbocycles. The molecule has 0 radical (unpaired) electrons. The van der Waals surface area contributed by atoms with Gasteiger partial charge in [0.2, 0.25) is 0 Å². The Balaban J connectivity index is 2.11. The van der Waals surface area contributed by atoms with Gasteiger partial charge >= 0.3 is 5.97 Å². The molecule has 0 bridgehead atoms. The maximum absolute atomic E-state index is 11.9. The molecular formula is C15H17NO4. The predicted molar refractivity (Wildman–Crippen MR) is 72.2 cm³/mol. The van der Waals surface area contributed by atoms with Crippen LogP contribution in [0.5, 0.6) is 0 Å². The van der Waals surface area contributed by atoms with Gasteiger partial charge in [-0.05, 0) is 5.56 Å². The van der Waals surface area contributed by atoms with Crippen LogP contribution in [0.2, 0.25) is 0 Å². The minimum atomic E-state index is -0.749. The predicted octanol–water partition coefficient (Wildman–Crippen LogP) is 1.69. The van der Waals surface area contributed by atoms with Gasteiger partial charge in [0.1, 0.15) is 6.61 Å². The van der Waals surface area contributed by atoms with E-state index < -0.39 is 12.0 Å². The van der Waals surface area contributed by atoms with E-state index in [-0.39, 0.29) is 18.4 Å². The molecule has 0 aromatic heterocycles. The van der Waals surface area contributed by atoms with Crippen molar-refractivity contribution in [1.29, 1.82) is 0 Å². The minimum Gasteiger partial charge on any atom is -0.467 e. The Kier molecular flexibility index (Phi) is 4.53. The molecule has 5 heteroatoms. The number of hydrogen-bond donors (Lipinski definition) is 0. The van der Waals surface area contributed by atoms with Crippen molar-refractivity contribution >= 4 is 11.9 Å². The van der Waals surface area contributed by atoms with Crippen LogP contribution in [0.15, 0.2) is 42.5 Å². The van der Waals surface area contributed by atoms with E-state index in [1.165, 1.54) is 13.2 Å². The van der Waals surface area contributed by atoms with Gasteiger partial charge in [-0.2, -0.15) is 0 Å². The molecule has 1 amide bonds. The summed E-state index contributed by atoms with van der Waals surface area (Å²) in [5.74, 6) is -0.992. The number of rotatable bonds is 4. The lowest BCUT2D eigenvalue weighted by Gasteiger charge is -2.33. The highest BCUT2D eigenvalue weighted by Gasteiger charge is 2.37. The molecule has 1 heterocycles. The molecule has 106 valence electrons. The van der Waals surface area contributed by atoms with Gasteiger partial charge in [0.05, 0.1) is 7.11 Å². The zero-order valence-electron chi connectivity index (χ0n) is 11.5. The molecule has 1 aromatic rings. The van der Waals surface area contributed by atoms with Gasteiger partial charge in [-0.15, -0.1) is 0 Å². The van der Waals surface area contributed by atoms with Gasteiger partial charge < -0.3 is 4.74 Å². The van der Waals surface area contributed by atoms with E-state index in [2.05, 4.69) is 0 Å². The van der Waals surface area contributed by atoms with Crippen molar-refractivity contribution < 1.29 is 19.2 Å². The molecule has 0 spiro atoms. The van der Waals surface area contributed by atoms with Crippen LogP contribution >= 0.6 is 0 Å². The minimum absolute atomic E-state index is 0.157. The van der Waals surface area contributed by atoms with Crippen LogP contribution in [0.4, 0.5) is 0 Å². The van der Waals surface area contributed by atoms with E-state index in [1.807, 2.05) is 37.3 Å². The molecule has 1 aliphatic rings. The van der Waals surface area contributed by atoms with Gasteiger partial charge in [-0.3, -0.25) is 9.63 Å². The third-order valence-corrected chi connectivity index (χ3v) is 3.17. The van der Waals surface area contributed by atoms with E-state index in [4.69, 9.17) is 9.57 Å². The van der Waals surface area contributed by atoms with E-state index in [0.29, 0.717) is 0 Å². The first-order chi connectivity index (χ1) is 9.63. The molecule has 0 aliphatic carbocycles. The highest BCUT2D eigenvalue weighted by atomic mass is 16.7. The first-order valence-electron chi connectivity index (χ1n) is 6.39. The van der Waals surface area contributed by atoms with Crippen molar-refractivity contribution in [2.45, 2.75) is 19.6 Å². The zero-order chi connectivity index (χ0) is 14.5. The topological polar surface area (TPSA) is 55.8 Å². The first kappa shape index (κ1) is 14.3. The molecule has 0 N–H and O–H groups in total. The summed E-state index contributed by atoms with van der Waals surface area (Å²) in [5, 5.41) is 1.10. The summed E-state index contributed by atoms with van der Waals surface area (Å²) in [6.07, 6.45) is 3.10. The summed E-state index contributed by atoms with van der Waals surface area (Å²) in [7, 11) is 1.30. The largest absolute Gasteiger partial charge is 0.467 e. The SMILES string of the molecule is COC(=O)C1C(C)C=CC(=O)N1OCc1ccccc1. The van der Waals surface area contributed by atoms with Crippen LogP contribution in [0.25, 0.3) is 0 Å². The summed E-state index contributed by atoms with van der Waals surface area (Å²) in [6, 6.07) is 8.70. The Morgan fingerprint density at radius 1 is 1.30 bits per heavy atom. The van der Waals surface area contributed by atoms with Gasteiger partial charge in [0.25, 0.3) is 5.91 Å². The molecule has 0 fully saturated rings. The second-order valence-corrected chi connectivity index (χ2v) is 4.61. The Hall–Kier alpha value is -2.14. The second kappa shape index (κ2) is 6.34. The lowest BCUT2D eigenvalue weighted by atomic mass is 9.98. The summed E-state index contributed by atoms with van der Waals surface area (Å²) in [5.41, 5.74) is 0.922. The maximum atomic E-state index is 11.9. The lowest BCUT2D eigenvalue weighted by Crippen LogP contribution is -2.50. The number of amides is 1. The van der Waals surface area contributed by atoms with E-state index in [0.717, 1.165) is 10.6 Å². The van der Waals surface area contributed by atoms with Crippen molar-refractivity contribution in [2.24, 2.45) is 5.92 Å². The van der Waals surface area contributed by atoms with E-state index in [9.17, 15) is 9.59 Å². The Morgan fingerprint density at radius 3 is 2.65 bits per heavy atom. The second-order valence-electron chi connectivity index (χ2n) is 4.61. The van der Waals surface area contributed by atoms with E-state index in [1.54, 1.807) is 6.08 Å². The highest BCUT2D eigenvalue weighted by molar-refractivity contribution is 5.92. The fraction of sp³-hybridized carbons (Fsp3) is 0.333. The Labute approximate surface area is 117 Å². The monoisotopic (exact) mass is 275 g/mol. The van der Waals surface area contributed by atoms with Gasteiger partial charge in [-0.25, -0.2) is 9.86 Å². The number of carbonyl (C=O) groups excluding carboxylic acids is 2. The highest BCUT2D eigenvalue weighted by Crippen LogP contribution is 2.21. The fourth-order valence-electron chi connectivity index (χ4n) is 2.06. The Bertz CT molecular complexity index is 512. The number of benzene rings is 1. The first-order valence-corrected chi connectivity index (χ1v) is 6.39. The van der Waals surface area contributed by atoms with Crippen LogP contribution in [-0.4, -0.2) is 30.1 Å². The van der Waals surface area contributed by atoms with Gasteiger partial charge in [0, 0.05) is 12.0 Å².